The van der Waals surface area contributed by atoms with Crippen LogP contribution in [0.2, 0.25) is 0 Å². The molecule has 0 spiro atoms. The second-order valence-electron chi connectivity index (χ2n) is 2.61. The van der Waals surface area contributed by atoms with Crippen LogP contribution in [0, 0.1) is 0 Å². The summed E-state index contributed by atoms with van der Waals surface area (Å²) in [4.78, 5) is 13.6. The highest BCUT2D eigenvalue weighted by Gasteiger charge is 2.06. The van der Waals surface area contributed by atoms with E-state index in [0.29, 0.717) is 11.3 Å². The van der Waals surface area contributed by atoms with Gasteiger partial charge in [0.2, 0.25) is 0 Å². The largest absolute Gasteiger partial charge is 0.464 e. The lowest BCUT2D eigenvalue weighted by Crippen LogP contribution is -2.11. The van der Waals surface area contributed by atoms with Gasteiger partial charge in [-0.15, -0.1) is 0 Å². The zero-order chi connectivity index (χ0) is 9.26. The van der Waals surface area contributed by atoms with E-state index in [1.165, 1.54) is 12.5 Å². The number of anilines is 1. The predicted octanol–water partition coefficient (Wildman–Crippen LogP) is 1.22. The Morgan fingerprint density at radius 3 is 2.92 bits per heavy atom. The summed E-state index contributed by atoms with van der Waals surface area (Å²) in [6, 6.07) is 5.21. The fourth-order valence-corrected chi connectivity index (χ4v) is 1.14. The molecule has 0 bridgehead atoms. The summed E-state index contributed by atoms with van der Waals surface area (Å²) in [6.07, 6.45) is 3.08. The summed E-state index contributed by atoms with van der Waals surface area (Å²) in [5, 5.41) is 0. The van der Waals surface area contributed by atoms with Gasteiger partial charge in [-0.3, -0.25) is 4.79 Å². The van der Waals surface area contributed by atoms with E-state index < -0.39 is 0 Å². The first-order valence-electron chi connectivity index (χ1n) is 3.80. The van der Waals surface area contributed by atoms with E-state index in [1.54, 1.807) is 18.2 Å². The Kier molecular flexibility index (Phi) is 1.66. The van der Waals surface area contributed by atoms with Crippen LogP contribution in [-0.2, 0) is 0 Å². The molecule has 0 saturated carbocycles. The molecule has 0 radical (unpaired) electrons. The van der Waals surface area contributed by atoms with Crippen LogP contribution in [0.1, 0.15) is 0 Å². The normalized spacial score (nSPS) is 10.2. The van der Waals surface area contributed by atoms with Crippen LogP contribution in [0.15, 0.2) is 39.9 Å². The average molecular weight is 176 g/mol. The highest BCUT2D eigenvalue weighted by molar-refractivity contribution is 5.71. The highest BCUT2D eigenvalue weighted by atomic mass is 16.3. The molecule has 0 unspecified atom stereocenters. The summed E-state index contributed by atoms with van der Waals surface area (Å²) in [7, 11) is 0. The van der Waals surface area contributed by atoms with Gasteiger partial charge in [0.25, 0.3) is 5.56 Å². The van der Waals surface area contributed by atoms with Crippen LogP contribution in [0.25, 0.3) is 11.3 Å². The molecule has 0 aliphatic rings. The van der Waals surface area contributed by atoms with Crippen molar-refractivity contribution in [3.63, 3.8) is 0 Å². The Balaban J connectivity index is 2.66. The van der Waals surface area contributed by atoms with Crippen molar-refractivity contribution in [3.05, 3.63) is 41.0 Å². The molecule has 0 atom stereocenters. The van der Waals surface area contributed by atoms with Crippen molar-refractivity contribution in [2.45, 2.75) is 0 Å². The number of pyridine rings is 1. The fourth-order valence-electron chi connectivity index (χ4n) is 1.14. The monoisotopic (exact) mass is 176 g/mol. The van der Waals surface area contributed by atoms with Crippen LogP contribution in [0.3, 0.4) is 0 Å². The van der Waals surface area contributed by atoms with Crippen LogP contribution >= 0.6 is 0 Å². The van der Waals surface area contributed by atoms with Crippen molar-refractivity contribution in [2.75, 3.05) is 5.73 Å². The summed E-state index contributed by atoms with van der Waals surface area (Å²) in [5.41, 5.74) is 6.07. The minimum Gasteiger partial charge on any atom is -0.464 e. The van der Waals surface area contributed by atoms with Gasteiger partial charge in [-0.1, -0.05) is 0 Å². The third-order valence-electron chi connectivity index (χ3n) is 1.79. The van der Waals surface area contributed by atoms with Crippen LogP contribution in [0.5, 0.6) is 0 Å². The molecular weight excluding hydrogens is 168 g/mol. The zero-order valence-corrected chi connectivity index (χ0v) is 6.78. The van der Waals surface area contributed by atoms with Crippen molar-refractivity contribution in [3.8, 4) is 11.3 Å². The first-order chi connectivity index (χ1) is 6.29. The summed E-state index contributed by atoms with van der Waals surface area (Å²) in [5.74, 6) is 0.601. The molecule has 2 aromatic heterocycles. The molecule has 0 saturated heterocycles. The van der Waals surface area contributed by atoms with Crippen molar-refractivity contribution < 1.29 is 4.42 Å². The van der Waals surface area contributed by atoms with Gasteiger partial charge in [-0.2, -0.15) is 0 Å². The number of nitrogens with two attached hydrogens (primary N) is 1. The van der Waals surface area contributed by atoms with Gasteiger partial charge in [0, 0.05) is 11.8 Å². The van der Waals surface area contributed by atoms with Crippen LogP contribution in [0.4, 0.5) is 5.69 Å². The van der Waals surface area contributed by atoms with Gasteiger partial charge >= 0.3 is 0 Å². The quantitative estimate of drug-likeness (QED) is 0.686. The maximum Gasteiger partial charge on any atom is 0.271 e. The van der Waals surface area contributed by atoms with Gasteiger partial charge in [-0.05, 0) is 18.2 Å². The molecule has 2 aromatic rings. The number of furan rings is 1. The SMILES string of the molecule is Nc1c(-c2ccco2)cc[nH]c1=O. The van der Waals surface area contributed by atoms with E-state index in [0.717, 1.165) is 0 Å². The van der Waals surface area contributed by atoms with Gasteiger partial charge in [-0.25, -0.2) is 0 Å². The highest BCUT2D eigenvalue weighted by Crippen LogP contribution is 2.22. The Morgan fingerprint density at radius 2 is 2.23 bits per heavy atom. The minimum absolute atomic E-state index is 0.178. The van der Waals surface area contributed by atoms with E-state index >= 15 is 0 Å². The molecule has 3 N–H and O–H groups in total. The number of aromatic nitrogens is 1. The summed E-state index contributed by atoms with van der Waals surface area (Å²) >= 11 is 0. The van der Waals surface area contributed by atoms with Crippen molar-refractivity contribution in [2.24, 2.45) is 0 Å². The Bertz CT molecular complexity index is 457. The number of aromatic amines is 1. The standard InChI is InChI=1S/C9H8N2O2/c10-8-6(3-4-11-9(8)12)7-2-1-5-13-7/h1-5H,10H2,(H,11,12). The van der Waals surface area contributed by atoms with Gasteiger partial charge in [0.1, 0.15) is 11.4 Å². The molecule has 0 amide bonds. The number of H-pyrrole nitrogens is 1. The van der Waals surface area contributed by atoms with Crippen molar-refractivity contribution >= 4 is 5.69 Å². The smallest absolute Gasteiger partial charge is 0.271 e. The average Bonchev–Trinajstić information content (AvgIpc) is 2.62. The molecule has 0 aliphatic carbocycles. The first-order valence-corrected chi connectivity index (χ1v) is 3.80. The number of hydrogen-bond donors (Lipinski definition) is 2. The number of nitrogen functional groups attached to an aromatic ring is 1. The molecule has 4 heteroatoms. The van der Waals surface area contributed by atoms with Crippen molar-refractivity contribution in [1.29, 1.82) is 0 Å². The molecule has 0 aromatic carbocycles. The molecule has 0 aliphatic heterocycles. The van der Waals surface area contributed by atoms with E-state index in [2.05, 4.69) is 4.98 Å². The third kappa shape index (κ3) is 1.22. The van der Waals surface area contributed by atoms with Gasteiger partial charge in [0.15, 0.2) is 0 Å². The lowest BCUT2D eigenvalue weighted by Gasteiger charge is -1.99. The number of hydrogen-bond acceptors (Lipinski definition) is 3. The maximum absolute atomic E-state index is 11.1. The summed E-state index contributed by atoms with van der Waals surface area (Å²) in [6.45, 7) is 0. The summed E-state index contributed by atoms with van der Waals surface area (Å²) < 4.78 is 5.12. The molecular formula is C9H8N2O2. The minimum atomic E-state index is -0.297. The van der Waals surface area contributed by atoms with Crippen LogP contribution < -0.4 is 11.3 Å². The number of nitrogens with one attached hydrogen (secondary N) is 1. The molecule has 66 valence electrons. The van der Waals surface area contributed by atoms with E-state index in [1.807, 2.05) is 0 Å². The van der Waals surface area contributed by atoms with E-state index in [-0.39, 0.29) is 11.2 Å². The molecule has 13 heavy (non-hydrogen) atoms. The molecule has 0 fully saturated rings. The second-order valence-corrected chi connectivity index (χ2v) is 2.61. The lowest BCUT2D eigenvalue weighted by atomic mass is 10.2. The molecule has 2 heterocycles. The predicted molar refractivity (Wildman–Crippen MR) is 49.2 cm³/mol. The van der Waals surface area contributed by atoms with E-state index in [9.17, 15) is 4.79 Å². The second kappa shape index (κ2) is 2.82. The Hall–Kier alpha value is -1.97. The third-order valence-corrected chi connectivity index (χ3v) is 1.79. The van der Waals surface area contributed by atoms with Crippen LogP contribution in [-0.4, -0.2) is 4.98 Å². The number of rotatable bonds is 1. The lowest BCUT2D eigenvalue weighted by molar-refractivity contribution is 0.582. The Morgan fingerprint density at radius 1 is 1.38 bits per heavy atom. The van der Waals surface area contributed by atoms with E-state index in [4.69, 9.17) is 10.2 Å². The maximum atomic E-state index is 11.1. The Labute approximate surface area is 74.0 Å². The van der Waals surface area contributed by atoms with Gasteiger partial charge < -0.3 is 15.1 Å². The molecule has 2 rings (SSSR count). The molecule has 4 nitrogen and oxygen atoms in total. The zero-order valence-electron chi connectivity index (χ0n) is 6.78. The van der Waals surface area contributed by atoms with Gasteiger partial charge in [0.05, 0.1) is 6.26 Å². The van der Waals surface area contributed by atoms with Crippen molar-refractivity contribution in [1.82, 2.24) is 4.98 Å². The first kappa shape index (κ1) is 7.67. The topological polar surface area (TPSA) is 72.0 Å². The fraction of sp³-hybridized carbons (Fsp3) is 0.